The minimum atomic E-state index is 0.638. The summed E-state index contributed by atoms with van der Waals surface area (Å²) in [5.74, 6) is 0.701. The van der Waals surface area contributed by atoms with E-state index in [1.807, 2.05) is 30.3 Å². The van der Waals surface area contributed by atoms with Gasteiger partial charge in [0.15, 0.2) is 11.5 Å². The summed E-state index contributed by atoms with van der Waals surface area (Å²) in [6.07, 6.45) is 0. The zero-order chi connectivity index (χ0) is 41.9. The van der Waals surface area contributed by atoms with Gasteiger partial charge in [0.2, 0.25) is 0 Å². The quantitative estimate of drug-likeness (QED) is 0.124. The number of benzene rings is 10. The minimum absolute atomic E-state index is 0.638. The lowest BCUT2D eigenvalue weighted by atomic mass is 9.88. The molecule has 292 valence electrons. The lowest BCUT2D eigenvalue weighted by Crippen LogP contribution is -1.97. The van der Waals surface area contributed by atoms with Gasteiger partial charge in [-0.25, -0.2) is 14.8 Å². The second-order valence-electron chi connectivity index (χ2n) is 16.0. The smallest absolute Gasteiger partial charge is 0.188 e. The van der Waals surface area contributed by atoms with E-state index >= 15 is 0 Å². The molecule has 0 unspecified atom stereocenters. The molecule has 0 aliphatic heterocycles. The molecule has 12 aromatic rings. The van der Waals surface area contributed by atoms with Crippen LogP contribution in [0.2, 0.25) is 0 Å². The van der Waals surface area contributed by atoms with Gasteiger partial charge in [0.1, 0.15) is 0 Å². The molecule has 0 amide bonds. The summed E-state index contributed by atoms with van der Waals surface area (Å²) >= 11 is 0. The summed E-state index contributed by atoms with van der Waals surface area (Å²) in [4.78, 5) is 14.3. The number of nitrogens with zero attached hydrogens (tertiary/aromatic N) is 4. The maximum Gasteiger partial charge on any atom is 0.188 e. The molecule has 0 atom stereocenters. The summed E-state index contributed by atoms with van der Waals surface area (Å²) < 4.78 is 2.29. The average molecular weight is 801 g/mol. The predicted molar refractivity (Wildman–Crippen MR) is 262 cm³/mol. The number of para-hydroxylation sites is 1. The summed E-state index contributed by atoms with van der Waals surface area (Å²) in [5, 5.41) is 9.20. The third-order valence-corrected chi connectivity index (χ3v) is 12.4. The molecule has 2 aromatic heterocycles. The first kappa shape index (κ1) is 36.2. The van der Waals surface area contributed by atoms with Gasteiger partial charge < -0.3 is 4.57 Å². The van der Waals surface area contributed by atoms with Crippen LogP contribution in [0.4, 0.5) is 5.69 Å². The standard InChI is InChI=1S/C59H36N4/c1-60-43-30-32-58-53(34-43)52-33-42(29-31-57(52)63(58)44-19-9-4-10-20-44)38-25-27-39(28-26-38)49-35-50-47-23-13-14-24-48(47)54(36-51(50)46-22-12-11-21-45(46)49)59-61-55(40-15-5-2-6-16-40)37-56(62-59)41-17-7-3-8-18-41/h2-37H. The van der Waals surface area contributed by atoms with Gasteiger partial charge in [-0.2, -0.15) is 0 Å². The van der Waals surface area contributed by atoms with Gasteiger partial charge in [-0.1, -0.05) is 164 Å². The van der Waals surface area contributed by atoms with Crippen molar-refractivity contribution in [1.82, 2.24) is 14.5 Å². The highest BCUT2D eigenvalue weighted by Gasteiger charge is 2.19. The maximum absolute atomic E-state index is 7.73. The molecule has 0 aliphatic rings. The predicted octanol–water partition coefficient (Wildman–Crippen LogP) is 15.9. The third kappa shape index (κ3) is 6.14. The van der Waals surface area contributed by atoms with Crippen LogP contribution in [0.3, 0.4) is 0 Å². The van der Waals surface area contributed by atoms with E-state index in [0.29, 0.717) is 11.5 Å². The lowest BCUT2D eigenvalue weighted by Gasteiger charge is -2.16. The van der Waals surface area contributed by atoms with Gasteiger partial charge in [-0.15, -0.1) is 0 Å². The first-order chi connectivity index (χ1) is 31.2. The monoisotopic (exact) mass is 800 g/mol. The molecule has 0 N–H and O–H groups in total. The van der Waals surface area contributed by atoms with Crippen molar-refractivity contribution >= 4 is 59.8 Å². The molecule has 4 nitrogen and oxygen atoms in total. The fraction of sp³-hybridized carbons (Fsp3) is 0. The molecule has 63 heavy (non-hydrogen) atoms. The molecule has 0 spiro atoms. The van der Waals surface area contributed by atoms with Crippen molar-refractivity contribution in [3.05, 3.63) is 230 Å². The van der Waals surface area contributed by atoms with E-state index in [9.17, 15) is 0 Å². The van der Waals surface area contributed by atoms with Crippen molar-refractivity contribution < 1.29 is 0 Å². The van der Waals surface area contributed by atoms with Crippen LogP contribution in [-0.2, 0) is 0 Å². The molecule has 0 aliphatic carbocycles. The molecular formula is C59H36N4. The molecule has 0 radical (unpaired) electrons. The van der Waals surface area contributed by atoms with Crippen molar-refractivity contribution in [1.29, 1.82) is 0 Å². The first-order valence-corrected chi connectivity index (χ1v) is 21.2. The normalized spacial score (nSPS) is 11.5. The average Bonchev–Trinajstić information content (AvgIpc) is 3.69. The van der Waals surface area contributed by atoms with E-state index in [2.05, 4.69) is 197 Å². The van der Waals surface area contributed by atoms with E-state index < -0.39 is 0 Å². The van der Waals surface area contributed by atoms with Crippen molar-refractivity contribution in [3.63, 3.8) is 0 Å². The van der Waals surface area contributed by atoms with Gasteiger partial charge in [0.05, 0.1) is 29.0 Å². The van der Waals surface area contributed by atoms with Crippen LogP contribution in [0.1, 0.15) is 0 Å². The number of rotatable bonds is 6. The largest absolute Gasteiger partial charge is 0.309 e. The first-order valence-electron chi connectivity index (χ1n) is 21.2. The molecule has 10 aromatic carbocycles. The maximum atomic E-state index is 7.73. The third-order valence-electron chi connectivity index (χ3n) is 12.4. The van der Waals surface area contributed by atoms with Crippen LogP contribution in [0.25, 0.3) is 121 Å². The summed E-state index contributed by atoms with van der Waals surface area (Å²) in [6, 6.07) is 77.0. The highest BCUT2D eigenvalue weighted by Crippen LogP contribution is 2.43. The van der Waals surface area contributed by atoms with Gasteiger partial charge >= 0.3 is 0 Å². The van der Waals surface area contributed by atoms with Crippen molar-refractivity contribution in [2.24, 2.45) is 0 Å². The van der Waals surface area contributed by atoms with Gasteiger partial charge in [-0.3, -0.25) is 0 Å². The fourth-order valence-corrected chi connectivity index (χ4v) is 9.41. The fourth-order valence-electron chi connectivity index (χ4n) is 9.41. The Morgan fingerprint density at radius 1 is 0.333 bits per heavy atom. The molecule has 12 rings (SSSR count). The van der Waals surface area contributed by atoms with Crippen molar-refractivity contribution in [2.45, 2.75) is 0 Å². The molecule has 0 bridgehead atoms. The number of hydrogen-bond donors (Lipinski definition) is 0. The minimum Gasteiger partial charge on any atom is -0.309 e. The number of aromatic nitrogens is 3. The summed E-state index contributed by atoms with van der Waals surface area (Å²) in [6.45, 7) is 7.73. The highest BCUT2D eigenvalue weighted by molar-refractivity contribution is 6.23. The Bertz CT molecular complexity index is 3710. The van der Waals surface area contributed by atoms with Gasteiger partial charge in [-0.05, 0) is 115 Å². The molecule has 2 heterocycles. The van der Waals surface area contributed by atoms with Crippen molar-refractivity contribution in [2.75, 3.05) is 0 Å². The Morgan fingerprint density at radius 3 is 1.41 bits per heavy atom. The molecule has 0 fully saturated rings. The van der Waals surface area contributed by atoms with Crippen molar-refractivity contribution in [3.8, 4) is 61.8 Å². The van der Waals surface area contributed by atoms with Crippen LogP contribution in [0, 0.1) is 6.57 Å². The van der Waals surface area contributed by atoms with E-state index in [4.69, 9.17) is 16.5 Å². The zero-order valence-corrected chi connectivity index (χ0v) is 34.1. The molecule has 4 heteroatoms. The number of hydrogen-bond acceptors (Lipinski definition) is 2. The van der Waals surface area contributed by atoms with Crippen LogP contribution < -0.4 is 0 Å². The summed E-state index contributed by atoms with van der Waals surface area (Å²) in [7, 11) is 0. The van der Waals surface area contributed by atoms with E-state index in [1.165, 1.54) is 27.1 Å². The Balaban J connectivity index is 1.00. The zero-order valence-electron chi connectivity index (χ0n) is 34.1. The topological polar surface area (TPSA) is 35.1 Å². The molecule has 0 saturated heterocycles. The SMILES string of the molecule is [C-]#[N+]c1ccc2c(c1)c1cc(-c3ccc(-c4cc5c6ccccc6c(-c6nc(-c7ccccc7)cc(-c7ccccc7)n6)cc5c5ccccc45)cc3)ccc1n2-c1ccccc1. The van der Waals surface area contributed by atoms with E-state index in [-0.39, 0.29) is 0 Å². The Labute approximate surface area is 364 Å². The molecular weight excluding hydrogens is 765 g/mol. The van der Waals surface area contributed by atoms with E-state index in [0.717, 1.165) is 83.0 Å². The highest BCUT2D eigenvalue weighted by atomic mass is 15.0. The van der Waals surface area contributed by atoms with Gasteiger partial charge in [0, 0.05) is 27.8 Å². The molecule has 0 saturated carbocycles. The van der Waals surface area contributed by atoms with Gasteiger partial charge in [0.25, 0.3) is 0 Å². The van der Waals surface area contributed by atoms with Crippen LogP contribution in [0.15, 0.2) is 218 Å². The van der Waals surface area contributed by atoms with E-state index in [1.54, 1.807) is 0 Å². The Hall–Kier alpha value is -8.65. The lowest BCUT2D eigenvalue weighted by molar-refractivity contribution is 1.18. The second kappa shape index (κ2) is 14.8. The van der Waals surface area contributed by atoms with Crippen LogP contribution >= 0.6 is 0 Å². The summed E-state index contributed by atoms with van der Waals surface area (Å²) in [5.41, 5.74) is 13.4. The Morgan fingerprint density at radius 2 is 0.810 bits per heavy atom. The number of fused-ring (bicyclic) bond motifs is 8. The Kier molecular flexibility index (Phi) is 8.52. The van der Waals surface area contributed by atoms with Crippen LogP contribution in [0.5, 0.6) is 0 Å². The van der Waals surface area contributed by atoms with Crippen LogP contribution in [-0.4, -0.2) is 14.5 Å². The second-order valence-corrected chi connectivity index (χ2v) is 16.0.